The summed E-state index contributed by atoms with van der Waals surface area (Å²) in [5.74, 6) is 5.93. The summed E-state index contributed by atoms with van der Waals surface area (Å²) < 4.78 is 0. The molecule has 0 bridgehead atoms. The number of unbranched alkanes of at least 4 members (excludes halogenated alkanes) is 2. The molecule has 14 heavy (non-hydrogen) atoms. The minimum Gasteiger partial charge on any atom is -0.374 e. The number of hydrogen-bond acceptors (Lipinski definition) is 2. The minimum absolute atomic E-state index is 0.872. The average Bonchev–Trinajstić information content (AvgIpc) is 2.65. The van der Waals surface area contributed by atoms with Gasteiger partial charge in [0.1, 0.15) is 5.60 Å². The molecule has 1 atom stereocenters. The largest absolute Gasteiger partial charge is 0.374 e. The molecule has 1 aromatic heterocycles. The Morgan fingerprint density at radius 1 is 1.57 bits per heavy atom. The molecule has 1 unspecified atom stereocenters. The van der Waals surface area contributed by atoms with Crippen LogP contribution in [0.25, 0.3) is 0 Å². The quantitative estimate of drug-likeness (QED) is 0.597. The molecular weight excluding hydrogens is 192 g/mol. The highest BCUT2D eigenvalue weighted by molar-refractivity contribution is 7.08. The van der Waals surface area contributed by atoms with Crippen molar-refractivity contribution in [1.29, 1.82) is 0 Å². The average molecular weight is 208 g/mol. The van der Waals surface area contributed by atoms with Crippen LogP contribution in [0.5, 0.6) is 0 Å². The van der Waals surface area contributed by atoms with Gasteiger partial charge in [0, 0.05) is 12.0 Å². The summed E-state index contributed by atoms with van der Waals surface area (Å²) in [6, 6.07) is 1.92. The first-order chi connectivity index (χ1) is 6.67. The molecule has 1 heterocycles. The van der Waals surface area contributed by atoms with Gasteiger partial charge in [0.2, 0.25) is 0 Å². The van der Waals surface area contributed by atoms with Crippen molar-refractivity contribution in [2.75, 3.05) is 0 Å². The summed E-state index contributed by atoms with van der Waals surface area (Å²) in [6.45, 7) is 3.88. The molecular formula is C12H16OS. The molecule has 0 aliphatic carbocycles. The van der Waals surface area contributed by atoms with E-state index < -0.39 is 5.60 Å². The molecule has 1 nitrogen and oxygen atoms in total. The predicted octanol–water partition coefficient (Wildman–Crippen LogP) is 3.15. The van der Waals surface area contributed by atoms with Crippen LogP contribution in [0.3, 0.4) is 0 Å². The SMILES string of the molecule is CCCCC#CC(C)(O)c1ccsc1. The zero-order valence-electron chi connectivity index (χ0n) is 8.71. The van der Waals surface area contributed by atoms with Crippen molar-refractivity contribution in [3.63, 3.8) is 0 Å². The molecule has 1 aromatic rings. The summed E-state index contributed by atoms with van der Waals surface area (Å²) in [5, 5.41) is 13.9. The lowest BCUT2D eigenvalue weighted by Crippen LogP contribution is -2.17. The van der Waals surface area contributed by atoms with Crippen molar-refractivity contribution in [1.82, 2.24) is 0 Å². The highest BCUT2D eigenvalue weighted by atomic mass is 32.1. The van der Waals surface area contributed by atoms with E-state index in [2.05, 4.69) is 18.8 Å². The van der Waals surface area contributed by atoms with Gasteiger partial charge >= 0.3 is 0 Å². The summed E-state index contributed by atoms with van der Waals surface area (Å²) in [6.07, 6.45) is 3.12. The van der Waals surface area contributed by atoms with Gasteiger partial charge in [0.15, 0.2) is 0 Å². The Labute approximate surface area is 89.8 Å². The van der Waals surface area contributed by atoms with Crippen LogP contribution < -0.4 is 0 Å². The lowest BCUT2D eigenvalue weighted by Gasteiger charge is -2.13. The first-order valence-electron chi connectivity index (χ1n) is 4.92. The van der Waals surface area contributed by atoms with Crippen LogP contribution in [0.1, 0.15) is 38.7 Å². The number of rotatable bonds is 3. The number of hydrogen-bond donors (Lipinski definition) is 1. The number of aliphatic hydroxyl groups is 1. The van der Waals surface area contributed by atoms with E-state index in [4.69, 9.17) is 0 Å². The van der Waals surface area contributed by atoms with Crippen LogP contribution in [-0.2, 0) is 5.60 Å². The summed E-state index contributed by atoms with van der Waals surface area (Å²) in [7, 11) is 0. The minimum atomic E-state index is -0.978. The maximum atomic E-state index is 10.0. The van der Waals surface area contributed by atoms with Gasteiger partial charge in [0.05, 0.1) is 0 Å². The molecule has 0 spiro atoms. The fourth-order valence-electron chi connectivity index (χ4n) is 1.11. The van der Waals surface area contributed by atoms with Gasteiger partial charge in [0.25, 0.3) is 0 Å². The van der Waals surface area contributed by atoms with Crippen LogP contribution in [0, 0.1) is 11.8 Å². The smallest absolute Gasteiger partial charge is 0.148 e. The van der Waals surface area contributed by atoms with Crippen LogP contribution in [0.15, 0.2) is 16.8 Å². The van der Waals surface area contributed by atoms with E-state index in [9.17, 15) is 5.11 Å². The number of thiophene rings is 1. The molecule has 0 aliphatic rings. The molecule has 1 N–H and O–H groups in total. The van der Waals surface area contributed by atoms with Gasteiger partial charge in [-0.15, -0.1) is 0 Å². The van der Waals surface area contributed by atoms with E-state index in [0.29, 0.717) is 0 Å². The first-order valence-corrected chi connectivity index (χ1v) is 5.86. The lowest BCUT2D eigenvalue weighted by atomic mass is 10.00. The highest BCUT2D eigenvalue weighted by Gasteiger charge is 2.19. The fraction of sp³-hybridized carbons (Fsp3) is 0.500. The molecule has 1 rings (SSSR count). The molecule has 2 heteroatoms. The third-order valence-electron chi connectivity index (χ3n) is 2.07. The molecule has 0 saturated heterocycles. The van der Waals surface area contributed by atoms with Crippen molar-refractivity contribution >= 4 is 11.3 Å². The third-order valence-corrected chi connectivity index (χ3v) is 2.75. The second-order valence-corrected chi connectivity index (χ2v) is 4.27. The zero-order valence-corrected chi connectivity index (χ0v) is 9.53. The molecule has 76 valence electrons. The van der Waals surface area contributed by atoms with E-state index in [1.165, 1.54) is 0 Å². The molecule has 0 radical (unpaired) electrons. The predicted molar refractivity (Wildman–Crippen MR) is 61.2 cm³/mol. The second-order valence-electron chi connectivity index (χ2n) is 3.49. The summed E-state index contributed by atoms with van der Waals surface area (Å²) in [4.78, 5) is 0. The topological polar surface area (TPSA) is 20.2 Å². The van der Waals surface area contributed by atoms with Crippen molar-refractivity contribution in [2.45, 2.75) is 38.7 Å². The van der Waals surface area contributed by atoms with Crippen LogP contribution in [-0.4, -0.2) is 5.11 Å². The van der Waals surface area contributed by atoms with Gasteiger partial charge in [-0.3, -0.25) is 0 Å². The highest BCUT2D eigenvalue weighted by Crippen LogP contribution is 2.21. The Morgan fingerprint density at radius 3 is 2.93 bits per heavy atom. The summed E-state index contributed by atoms with van der Waals surface area (Å²) in [5.41, 5.74) is -0.0835. The molecule has 0 amide bonds. The van der Waals surface area contributed by atoms with Gasteiger partial charge in [-0.1, -0.05) is 25.2 Å². The van der Waals surface area contributed by atoms with Crippen molar-refractivity contribution in [2.24, 2.45) is 0 Å². The van der Waals surface area contributed by atoms with Gasteiger partial charge in [-0.2, -0.15) is 11.3 Å². The fourth-order valence-corrected chi connectivity index (χ4v) is 1.87. The Bertz CT molecular complexity index is 314. The Morgan fingerprint density at radius 2 is 2.36 bits per heavy atom. The van der Waals surface area contributed by atoms with E-state index in [0.717, 1.165) is 24.8 Å². The Hall–Kier alpha value is -0.780. The van der Waals surface area contributed by atoms with E-state index in [1.54, 1.807) is 18.3 Å². The maximum absolute atomic E-state index is 10.0. The van der Waals surface area contributed by atoms with E-state index >= 15 is 0 Å². The monoisotopic (exact) mass is 208 g/mol. The first kappa shape index (κ1) is 11.3. The lowest BCUT2D eigenvalue weighted by molar-refractivity contribution is 0.122. The third kappa shape index (κ3) is 3.17. The van der Waals surface area contributed by atoms with Gasteiger partial charge < -0.3 is 5.11 Å². The van der Waals surface area contributed by atoms with Crippen LogP contribution in [0.4, 0.5) is 0 Å². The van der Waals surface area contributed by atoms with Crippen molar-refractivity contribution in [3.05, 3.63) is 22.4 Å². The standard InChI is InChI=1S/C12H16OS/c1-3-4-5-6-8-12(2,13)11-7-9-14-10-11/h7,9-10,13H,3-5H2,1-2H3. The second kappa shape index (κ2) is 5.19. The van der Waals surface area contributed by atoms with Crippen molar-refractivity contribution < 1.29 is 5.11 Å². The Kier molecular flexibility index (Phi) is 4.19. The summed E-state index contributed by atoms with van der Waals surface area (Å²) >= 11 is 1.58. The van der Waals surface area contributed by atoms with E-state index in [-0.39, 0.29) is 0 Å². The maximum Gasteiger partial charge on any atom is 0.148 e. The normalized spacial score (nSPS) is 14.2. The molecule has 0 fully saturated rings. The molecule has 0 aliphatic heterocycles. The van der Waals surface area contributed by atoms with Crippen LogP contribution in [0.2, 0.25) is 0 Å². The van der Waals surface area contributed by atoms with Gasteiger partial charge in [-0.05, 0) is 30.2 Å². The van der Waals surface area contributed by atoms with E-state index in [1.807, 2.05) is 16.8 Å². The molecule has 0 saturated carbocycles. The molecule has 0 aromatic carbocycles. The van der Waals surface area contributed by atoms with Gasteiger partial charge in [-0.25, -0.2) is 0 Å². The van der Waals surface area contributed by atoms with Crippen molar-refractivity contribution in [3.8, 4) is 11.8 Å². The Balaban J connectivity index is 2.61. The van der Waals surface area contributed by atoms with Crippen LogP contribution >= 0.6 is 11.3 Å². The zero-order chi connectivity index (χ0) is 10.4.